The summed E-state index contributed by atoms with van der Waals surface area (Å²) in [6.07, 6.45) is 1.23. The summed E-state index contributed by atoms with van der Waals surface area (Å²) in [5, 5.41) is 8.74. The first-order valence-corrected chi connectivity index (χ1v) is 6.92. The summed E-state index contributed by atoms with van der Waals surface area (Å²) in [5.74, 6) is 0.518. The van der Waals surface area contributed by atoms with Gasteiger partial charge in [-0.2, -0.15) is 0 Å². The Morgan fingerprint density at radius 3 is 2.95 bits per heavy atom. The molecule has 6 heteroatoms. The van der Waals surface area contributed by atoms with Gasteiger partial charge in [0.05, 0.1) is 4.47 Å². The molecule has 19 heavy (non-hydrogen) atoms. The third-order valence-electron chi connectivity index (χ3n) is 3.16. The van der Waals surface area contributed by atoms with Gasteiger partial charge in [-0.1, -0.05) is 6.92 Å². The minimum absolute atomic E-state index is 0.0520. The van der Waals surface area contributed by atoms with Crippen LogP contribution >= 0.6 is 15.9 Å². The number of aliphatic carboxylic acids is 1. The highest BCUT2D eigenvalue weighted by Gasteiger charge is 2.24. The third-order valence-corrected chi connectivity index (χ3v) is 4.00. The van der Waals surface area contributed by atoms with Gasteiger partial charge in [0.25, 0.3) is 0 Å². The summed E-state index contributed by atoms with van der Waals surface area (Å²) in [6, 6.07) is 1.54. The van der Waals surface area contributed by atoms with Crippen LogP contribution < -0.4 is 15.2 Å². The summed E-state index contributed by atoms with van der Waals surface area (Å²) < 4.78 is 11.6. The lowest BCUT2D eigenvalue weighted by atomic mass is 9.95. The lowest BCUT2D eigenvalue weighted by Gasteiger charge is -2.17. The van der Waals surface area contributed by atoms with Crippen LogP contribution in [-0.4, -0.2) is 17.9 Å². The highest BCUT2D eigenvalue weighted by Crippen LogP contribution is 2.44. The van der Waals surface area contributed by atoms with E-state index in [2.05, 4.69) is 15.9 Å². The van der Waals surface area contributed by atoms with E-state index in [1.54, 1.807) is 0 Å². The lowest BCUT2D eigenvalue weighted by molar-refractivity contribution is -0.137. The Morgan fingerprint density at radius 2 is 2.32 bits per heavy atom. The van der Waals surface area contributed by atoms with Crippen LogP contribution in [0.1, 0.15) is 36.9 Å². The van der Waals surface area contributed by atoms with Crippen molar-refractivity contribution < 1.29 is 19.4 Å². The highest BCUT2D eigenvalue weighted by atomic mass is 79.9. The van der Waals surface area contributed by atoms with Gasteiger partial charge in [0, 0.05) is 12.5 Å². The minimum atomic E-state index is -0.840. The van der Waals surface area contributed by atoms with Crippen molar-refractivity contribution in [3.8, 4) is 11.5 Å². The smallest absolute Gasteiger partial charge is 0.303 e. The van der Waals surface area contributed by atoms with Gasteiger partial charge >= 0.3 is 5.97 Å². The molecule has 1 aromatic carbocycles. The molecule has 3 N–H and O–H groups in total. The Hall–Kier alpha value is -1.27. The predicted molar refractivity (Wildman–Crippen MR) is 73.4 cm³/mol. The molecule has 5 nitrogen and oxygen atoms in total. The van der Waals surface area contributed by atoms with Gasteiger partial charge in [0.2, 0.25) is 6.79 Å². The Labute approximate surface area is 119 Å². The zero-order valence-corrected chi connectivity index (χ0v) is 12.2. The number of rotatable bonds is 5. The zero-order chi connectivity index (χ0) is 14.0. The second-order valence-corrected chi connectivity index (χ2v) is 5.18. The number of benzene rings is 1. The van der Waals surface area contributed by atoms with Crippen molar-refractivity contribution in [1.29, 1.82) is 0 Å². The number of fused-ring (bicyclic) bond motifs is 1. The maximum atomic E-state index is 10.6. The minimum Gasteiger partial charge on any atom is -0.481 e. The van der Waals surface area contributed by atoms with Crippen LogP contribution in [0, 0.1) is 0 Å². The van der Waals surface area contributed by atoms with Crippen molar-refractivity contribution >= 4 is 21.9 Å². The Balaban J connectivity index is 2.34. The number of nitrogens with two attached hydrogens (primary N) is 1. The maximum Gasteiger partial charge on any atom is 0.303 e. The number of ether oxygens (including phenoxy) is 2. The number of hydrogen-bond donors (Lipinski definition) is 2. The van der Waals surface area contributed by atoms with Gasteiger partial charge < -0.3 is 20.3 Å². The van der Waals surface area contributed by atoms with Gasteiger partial charge in [0.1, 0.15) is 0 Å². The molecule has 0 amide bonds. The molecule has 1 aliphatic rings. The van der Waals surface area contributed by atoms with Crippen molar-refractivity contribution in [2.45, 2.75) is 32.2 Å². The molecule has 0 aliphatic carbocycles. The van der Waals surface area contributed by atoms with Gasteiger partial charge in [0.15, 0.2) is 11.5 Å². The summed E-state index contributed by atoms with van der Waals surface area (Å²) >= 11 is 3.51. The van der Waals surface area contributed by atoms with Gasteiger partial charge in [-0.05, 0) is 46.0 Å². The molecule has 0 saturated carbocycles. The second-order valence-electron chi connectivity index (χ2n) is 4.38. The summed E-state index contributed by atoms with van der Waals surface area (Å²) in [5.41, 5.74) is 8.06. The van der Waals surface area contributed by atoms with E-state index in [1.807, 2.05) is 13.0 Å². The summed E-state index contributed by atoms with van der Waals surface area (Å²) in [6.45, 7) is 2.22. The molecule has 1 atom stereocenters. The molecule has 1 aromatic rings. The fraction of sp³-hybridized carbons (Fsp3) is 0.462. The van der Waals surface area contributed by atoms with Crippen LogP contribution in [0.3, 0.4) is 0 Å². The van der Waals surface area contributed by atoms with Crippen LogP contribution in [0.4, 0.5) is 0 Å². The van der Waals surface area contributed by atoms with E-state index in [1.165, 1.54) is 0 Å². The van der Waals surface area contributed by atoms with E-state index in [4.69, 9.17) is 20.3 Å². The first-order chi connectivity index (χ1) is 9.04. The fourth-order valence-corrected chi connectivity index (χ4v) is 3.00. The van der Waals surface area contributed by atoms with Crippen LogP contribution in [0.2, 0.25) is 0 Å². The molecular weight excluding hydrogens is 314 g/mol. The van der Waals surface area contributed by atoms with Crippen molar-refractivity contribution in [2.75, 3.05) is 6.79 Å². The Bertz CT molecular complexity index is 504. The largest absolute Gasteiger partial charge is 0.481 e. The molecule has 0 saturated heterocycles. The third kappa shape index (κ3) is 2.84. The number of carboxylic acid groups (broad SMARTS) is 1. The highest BCUT2D eigenvalue weighted by molar-refractivity contribution is 9.10. The van der Waals surface area contributed by atoms with Crippen molar-refractivity contribution in [1.82, 2.24) is 0 Å². The summed E-state index contributed by atoms with van der Waals surface area (Å²) in [7, 11) is 0. The predicted octanol–water partition coefficient (Wildman–Crippen LogP) is 2.60. The average Bonchev–Trinajstić information content (AvgIpc) is 2.84. The molecule has 1 heterocycles. The quantitative estimate of drug-likeness (QED) is 0.867. The molecular formula is C13H16BrNO4. The first-order valence-electron chi connectivity index (χ1n) is 6.12. The molecule has 1 unspecified atom stereocenters. The standard InChI is InChI=1S/C13H16BrNO4/c1-2-7-8(9(15)3-4-11(16)17)5-10-13(12(7)14)19-6-18-10/h5,9H,2-4,6,15H2,1H3,(H,16,17). The van der Waals surface area contributed by atoms with Gasteiger partial charge in [-0.3, -0.25) is 4.79 Å². The Morgan fingerprint density at radius 1 is 1.58 bits per heavy atom. The van der Waals surface area contributed by atoms with E-state index < -0.39 is 5.97 Å². The number of hydrogen-bond acceptors (Lipinski definition) is 4. The molecule has 1 aliphatic heterocycles. The van der Waals surface area contributed by atoms with Gasteiger partial charge in [-0.25, -0.2) is 0 Å². The molecule has 0 spiro atoms. The Kier molecular flexibility index (Phi) is 4.31. The first kappa shape index (κ1) is 14.1. The number of carbonyl (C=O) groups is 1. The SMILES string of the molecule is CCc1c(C(N)CCC(=O)O)cc2c(c1Br)OCO2. The number of halogens is 1. The van der Waals surface area contributed by atoms with E-state index in [9.17, 15) is 4.79 Å². The summed E-state index contributed by atoms with van der Waals surface area (Å²) in [4.78, 5) is 10.6. The topological polar surface area (TPSA) is 81.8 Å². The van der Waals surface area contributed by atoms with E-state index >= 15 is 0 Å². The van der Waals surface area contributed by atoms with Crippen LogP contribution in [-0.2, 0) is 11.2 Å². The van der Waals surface area contributed by atoms with Crippen molar-refractivity contribution in [3.05, 3.63) is 21.7 Å². The zero-order valence-electron chi connectivity index (χ0n) is 10.6. The van der Waals surface area contributed by atoms with E-state index in [-0.39, 0.29) is 19.3 Å². The normalized spacial score (nSPS) is 14.5. The maximum absolute atomic E-state index is 10.6. The molecule has 0 aromatic heterocycles. The monoisotopic (exact) mass is 329 g/mol. The number of carboxylic acids is 1. The van der Waals surface area contributed by atoms with Crippen LogP contribution in [0.5, 0.6) is 11.5 Å². The molecule has 0 radical (unpaired) electrons. The fourth-order valence-electron chi connectivity index (χ4n) is 2.18. The molecule has 0 fully saturated rings. The van der Waals surface area contributed by atoms with E-state index in [0.717, 1.165) is 22.0 Å². The van der Waals surface area contributed by atoms with E-state index in [0.29, 0.717) is 17.9 Å². The van der Waals surface area contributed by atoms with Crippen molar-refractivity contribution in [3.63, 3.8) is 0 Å². The van der Waals surface area contributed by atoms with Crippen molar-refractivity contribution in [2.24, 2.45) is 5.73 Å². The molecule has 104 valence electrons. The van der Waals surface area contributed by atoms with Crippen LogP contribution in [0.15, 0.2) is 10.5 Å². The second kappa shape index (κ2) is 5.79. The molecule has 0 bridgehead atoms. The average molecular weight is 330 g/mol. The lowest BCUT2D eigenvalue weighted by Crippen LogP contribution is -2.14. The molecule has 2 rings (SSSR count). The van der Waals surface area contributed by atoms with Gasteiger partial charge in [-0.15, -0.1) is 0 Å². The van der Waals surface area contributed by atoms with Crippen LogP contribution in [0.25, 0.3) is 0 Å².